The highest BCUT2D eigenvalue weighted by atomic mass is 35.5. The Kier molecular flexibility index (Phi) is 4.10. The predicted octanol–water partition coefficient (Wildman–Crippen LogP) is 4.67. The van der Waals surface area contributed by atoms with Crippen LogP contribution >= 0.6 is 34.5 Å². The minimum atomic E-state index is 0.171. The molecule has 0 amide bonds. The lowest BCUT2D eigenvalue weighted by molar-refractivity contribution is 0.699. The number of thiophene rings is 1. The zero-order valence-corrected chi connectivity index (χ0v) is 12.0. The molecule has 90 valence electrons. The van der Waals surface area contributed by atoms with Crippen LogP contribution in [0.3, 0.4) is 0 Å². The van der Waals surface area contributed by atoms with Crippen LogP contribution in [0.15, 0.2) is 30.3 Å². The largest absolute Gasteiger partial charge is 0.309 e. The van der Waals surface area contributed by atoms with Gasteiger partial charge < -0.3 is 5.32 Å². The Morgan fingerprint density at radius 2 is 1.94 bits per heavy atom. The Morgan fingerprint density at radius 3 is 2.47 bits per heavy atom. The fourth-order valence-corrected chi connectivity index (χ4v) is 3.31. The molecular weight excluding hydrogens is 273 g/mol. The van der Waals surface area contributed by atoms with Crippen LogP contribution in [0.4, 0.5) is 0 Å². The molecule has 1 aromatic carbocycles. The van der Waals surface area contributed by atoms with Gasteiger partial charge in [0.1, 0.15) is 0 Å². The van der Waals surface area contributed by atoms with Crippen LogP contribution in [0.2, 0.25) is 9.36 Å². The summed E-state index contributed by atoms with van der Waals surface area (Å²) in [6.45, 7) is 2.07. The van der Waals surface area contributed by atoms with E-state index < -0.39 is 0 Å². The molecule has 0 aliphatic heterocycles. The topological polar surface area (TPSA) is 12.0 Å². The van der Waals surface area contributed by atoms with E-state index in [0.717, 1.165) is 9.36 Å². The summed E-state index contributed by atoms with van der Waals surface area (Å²) in [5.41, 5.74) is 2.41. The van der Waals surface area contributed by atoms with Crippen molar-refractivity contribution >= 4 is 34.5 Å². The van der Waals surface area contributed by atoms with Gasteiger partial charge in [0.2, 0.25) is 0 Å². The first-order valence-electron chi connectivity index (χ1n) is 5.30. The molecule has 0 bridgehead atoms. The van der Waals surface area contributed by atoms with Crippen molar-refractivity contribution in [3.8, 4) is 0 Å². The third-order valence-corrected chi connectivity index (χ3v) is 4.24. The van der Waals surface area contributed by atoms with E-state index in [-0.39, 0.29) is 6.04 Å². The van der Waals surface area contributed by atoms with Gasteiger partial charge in [-0.2, -0.15) is 0 Å². The molecule has 0 spiro atoms. The third kappa shape index (κ3) is 2.83. The Bertz CT molecular complexity index is 522. The van der Waals surface area contributed by atoms with Crippen molar-refractivity contribution in [3.05, 3.63) is 55.7 Å². The van der Waals surface area contributed by atoms with Gasteiger partial charge >= 0.3 is 0 Å². The second-order valence-corrected chi connectivity index (χ2v) is 6.05. The molecular formula is C13H13Cl2NS. The highest BCUT2D eigenvalue weighted by Gasteiger charge is 2.16. The van der Waals surface area contributed by atoms with Crippen molar-refractivity contribution < 1.29 is 0 Å². The SMILES string of the molecule is CNC(c1ccc(Cl)s1)c1ccc(Cl)cc1C. The average Bonchev–Trinajstić information content (AvgIpc) is 2.69. The molecule has 2 rings (SSSR count). The van der Waals surface area contributed by atoms with E-state index >= 15 is 0 Å². The summed E-state index contributed by atoms with van der Waals surface area (Å²) in [6.07, 6.45) is 0. The second-order valence-electron chi connectivity index (χ2n) is 3.86. The van der Waals surface area contributed by atoms with Crippen molar-refractivity contribution in [2.24, 2.45) is 0 Å². The van der Waals surface area contributed by atoms with Crippen molar-refractivity contribution in [1.29, 1.82) is 0 Å². The van der Waals surface area contributed by atoms with Gasteiger partial charge in [-0.05, 0) is 49.4 Å². The molecule has 0 saturated heterocycles. The molecule has 1 nitrogen and oxygen atoms in total. The van der Waals surface area contributed by atoms with E-state index in [1.807, 2.05) is 25.2 Å². The number of benzene rings is 1. The van der Waals surface area contributed by atoms with Gasteiger partial charge in [-0.1, -0.05) is 29.3 Å². The van der Waals surface area contributed by atoms with E-state index in [1.54, 1.807) is 11.3 Å². The molecule has 0 saturated carbocycles. The first kappa shape index (κ1) is 12.9. The average molecular weight is 286 g/mol. The molecule has 17 heavy (non-hydrogen) atoms. The third-order valence-electron chi connectivity index (χ3n) is 2.71. The van der Waals surface area contributed by atoms with Crippen LogP contribution in [0, 0.1) is 6.92 Å². The molecule has 1 heterocycles. The van der Waals surface area contributed by atoms with E-state index in [0.29, 0.717) is 0 Å². The van der Waals surface area contributed by atoms with E-state index in [9.17, 15) is 0 Å². The normalized spacial score (nSPS) is 12.7. The van der Waals surface area contributed by atoms with Gasteiger partial charge in [-0.3, -0.25) is 0 Å². The Balaban J connectivity index is 2.42. The zero-order valence-electron chi connectivity index (χ0n) is 9.63. The molecule has 1 aromatic heterocycles. The molecule has 0 radical (unpaired) electrons. The Labute approximate surface area is 115 Å². The van der Waals surface area contributed by atoms with Gasteiger partial charge in [0.15, 0.2) is 0 Å². The summed E-state index contributed by atoms with van der Waals surface area (Å²) in [5.74, 6) is 0. The van der Waals surface area contributed by atoms with Crippen molar-refractivity contribution in [1.82, 2.24) is 5.32 Å². The second kappa shape index (κ2) is 5.40. The number of aryl methyl sites for hydroxylation is 1. The lowest BCUT2D eigenvalue weighted by Crippen LogP contribution is -2.17. The van der Waals surface area contributed by atoms with Gasteiger partial charge in [-0.25, -0.2) is 0 Å². The van der Waals surface area contributed by atoms with Gasteiger partial charge in [0.05, 0.1) is 10.4 Å². The first-order chi connectivity index (χ1) is 8.11. The van der Waals surface area contributed by atoms with Gasteiger partial charge in [-0.15, -0.1) is 11.3 Å². The van der Waals surface area contributed by atoms with E-state index in [1.165, 1.54) is 16.0 Å². The molecule has 0 fully saturated rings. The maximum Gasteiger partial charge on any atom is 0.0931 e. The van der Waals surface area contributed by atoms with Gasteiger partial charge in [0, 0.05) is 9.90 Å². The number of hydrogen-bond donors (Lipinski definition) is 1. The number of halogens is 2. The minimum absolute atomic E-state index is 0.171. The summed E-state index contributed by atoms with van der Waals surface area (Å²) < 4.78 is 0.812. The number of nitrogens with one attached hydrogen (secondary N) is 1. The standard InChI is InChI=1S/C13H13Cl2NS/c1-8-7-9(14)3-4-10(8)13(16-2)11-5-6-12(15)17-11/h3-7,13,16H,1-2H3. The van der Waals surface area contributed by atoms with Crippen molar-refractivity contribution in [3.63, 3.8) is 0 Å². The summed E-state index contributed by atoms with van der Waals surface area (Å²) in [4.78, 5) is 1.21. The van der Waals surface area contributed by atoms with Crippen LogP contribution in [-0.2, 0) is 0 Å². The summed E-state index contributed by atoms with van der Waals surface area (Å²) in [6, 6.07) is 10.1. The number of rotatable bonds is 3. The zero-order chi connectivity index (χ0) is 12.4. The monoisotopic (exact) mass is 285 g/mol. The van der Waals surface area contributed by atoms with Crippen LogP contribution in [0.1, 0.15) is 22.0 Å². The first-order valence-corrected chi connectivity index (χ1v) is 6.87. The van der Waals surface area contributed by atoms with Gasteiger partial charge in [0.25, 0.3) is 0 Å². The molecule has 1 atom stereocenters. The highest BCUT2D eigenvalue weighted by molar-refractivity contribution is 7.16. The van der Waals surface area contributed by atoms with Crippen LogP contribution < -0.4 is 5.32 Å². The Hall–Kier alpha value is -0.540. The Morgan fingerprint density at radius 1 is 1.18 bits per heavy atom. The molecule has 1 N–H and O–H groups in total. The smallest absolute Gasteiger partial charge is 0.0931 e. The summed E-state index contributed by atoms with van der Waals surface area (Å²) in [5, 5.41) is 4.09. The van der Waals surface area contributed by atoms with Crippen molar-refractivity contribution in [2.75, 3.05) is 7.05 Å². The summed E-state index contributed by atoms with van der Waals surface area (Å²) >= 11 is 13.6. The lowest BCUT2D eigenvalue weighted by Gasteiger charge is -2.17. The molecule has 2 aromatic rings. The molecule has 1 unspecified atom stereocenters. The van der Waals surface area contributed by atoms with Crippen LogP contribution in [0.25, 0.3) is 0 Å². The minimum Gasteiger partial charge on any atom is -0.309 e. The van der Waals surface area contributed by atoms with Crippen LogP contribution in [-0.4, -0.2) is 7.05 Å². The van der Waals surface area contributed by atoms with E-state index in [2.05, 4.69) is 24.4 Å². The fourth-order valence-electron chi connectivity index (χ4n) is 1.90. The lowest BCUT2D eigenvalue weighted by atomic mass is 10.0. The highest BCUT2D eigenvalue weighted by Crippen LogP contribution is 2.32. The molecule has 4 heteroatoms. The predicted molar refractivity (Wildman–Crippen MR) is 76.4 cm³/mol. The summed E-state index contributed by atoms with van der Waals surface area (Å²) in [7, 11) is 1.95. The van der Waals surface area contributed by atoms with E-state index in [4.69, 9.17) is 23.2 Å². The van der Waals surface area contributed by atoms with Crippen molar-refractivity contribution in [2.45, 2.75) is 13.0 Å². The molecule has 0 aliphatic carbocycles. The maximum absolute atomic E-state index is 5.98. The van der Waals surface area contributed by atoms with Crippen LogP contribution in [0.5, 0.6) is 0 Å². The fraction of sp³-hybridized carbons (Fsp3) is 0.231. The molecule has 0 aliphatic rings. The maximum atomic E-state index is 5.98. The number of hydrogen-bond acceptors (Lipinski definition) is 2. The quantitative estimate of drug-likeness (QED) is 0.864.